The van der Waals surface area contributed by atoms with Gasteiger partial charge in [-0.25, -0.2) is 57.5 Å². The molecule has 1 aliphatic rings. The zero-order valence-electron chi connectivity index (χ0n) is 80.4. The molecule has 1 aromatic rings. The molecule has 0 saturated carbocycles. The van der Waals surface area contributed by atoms with Gasteiger partial charge in [-0.15, -0.1) is 0 Å². The second-order valence-corrected chi connectivity index (χ2v) is 31.0. The Morgan fingerprint density at radius 3 is 1.11 bits per heavy atom. The van der Waals surface area contributed by atoms with Crippen LogP contribution in [-0.4, -0.2) is 327 Å². The molecular formula is C77H127N5O55P10. The van der Waals surface area contributed by atoms with E-state index >= 15 is 0 Å². The highest BCUT2D eigenvalue weighted by atomic mass is 31.1. The summed E-state index contributed by atoms with van der Waals surface area (Å²) in [5.41, 5.74) is 16.0. The summed E-state index contributed by atoms with van der Waals surface area (Å²) in [6.07, 6.45) is -18.6. The van der Waals surface area contributed by atoms with Crippen LogP contribution >= 0.6 is 94.7 Å². The van der Waals surface area contributed by atoms with Crippen LogP contribution in [0.5, 0.6) is 0 Å². The first-order valence-corrected chi connectivity index (χ1v) is 46.0. The molecule has 0 spiro atoms. The van der Waals surface area contributed by atoms with E-state index in [-0.39, 0.29) is 62.9 Å². The molecule has 1 saturated heterocycles. The second kappa shape index (κ2) is 88.6. The Morgan fingerprint density at radius 2 is 0.741 bits per heavy atom. The van der Waals surface area contributed by atoms with Crippen LogP contribution in [0.1, 0.15) is 171 Å². The van der Waals surface area contributed by atoms with Crippen molar-refractivity contribution in [1.29, 1.82) is 0 Å². The summed E-state index contributed by atoms with van der Waals surface area (Å²) in [6, 6.07) is 4.73. The van der Waals surface area contributed by atoms with Gasteiger partial charge in [0, 0.05) is 44.2 Å². The third-order valence-corrected chi connectivity index (χ3v) is 18.5. The van der Waals surface area contributed by atoms with Gasteiger partial charge >= 0.3 is 137 Å². The normalized spacial score (nSPS) is 14.6. The van der Waals surface area contributed by atoms with Crippen molar-refractivity contribution in [2.45, 2.75) is 263 Å². The molecule has 1 heterocycles. The Bertz CT molecular complexity index is 4310. The van der Waals surface area contributed by atoms with Crippen LogP contribution < -0.4 is 27.8 Å². The van der Waals surface area contributed by atoms with Gasteiger partial charge < -0.3 is 168 Å². The first-order chi connectivity index (χ1) is 68.1. The average Bonchev–Trinajstić information content (AvgIpc) is 1.13. The number of hydrogen-bond donors (Lipinski definition) is 17. The number of aliphatic carboxylic acids is 6. The lowest BCUT2D eigenvalue weighted by atomic mass is 10.0. The van der Waals surface area contributed by atoms with E-state index in [0.717, 1.165) is 26.3 Å². The summed E-state index contributed by atoms with van der Waals surface area (Å²) < 4.78 is 75.3. The molecule has 60 nitrogen and oxygen atoms in total. The number of esters is 7. The lowest BCUT2D eigenvalue weighted by Crippen LogP contribution is -2.46. The van der Waals surface area contributed by atoms with Gasteiger partial charge in [0.05, 0.1) is 132 Å². The zero-order valence-corrected chi connectivity index (χ0v) is 91.9. The van der Waals surface area contributed by atoms with Crippen molar-refractivity contribution in [1.82, 2.24) is 10.6 Å². The SMILES string of the molecule is C[C@H](CC(=O)C[C@H](O)C(=O)O)C(=O)OP.C[C@H](N)C(=O)O[C@@H](C)C(=O)OP.C[C@H](O)C(=O)C[C@@H](C)C(=O)OP.C[C@H](O)C(=O)N[C@@H](CCC(=O)O)C(=O)O[C@@H](C)C(=O)OP.C[C@H](OC(=O)CCN)C(=O)OP.C[C@H](OC(=O)[C@@H](N)CCC(=O)O)C(=O)OP.C[C@H](OC(=O)[C@@H](O)CC(=O)OP)C(=O)O.C[C@H](OC(=O)[C@@H]1CCCN1)C(=O)OP.O=C(C[C@H](O)C(=O)O)O[C@H](C(=O)OP)c1ccccc1.O=C(O)C[C@H](O)C(=O)OP. The molecule has 10 unspecified atom stereocenters. The number of rotatable bonds is 48. The van der Waals surface area contributed by atoms with E-state index in [2.05, 4.69) is 74.8 Å². The topological polar surface area (TPSA) is 946 Å². The predicted octanol–water partition coefficient (Wildman–Crippen LogP) is -3.64. The number of ether oxygens (including phenoxy) is 7. The molecule has 0 aromatic heterocycles. The van der Waals surface area contributed by atoms with Gasteiger partial charge in [0.25, 0.3) is 0 Å². The number of carboxylic acids is 6. The number of carbonyl (C=O) groups is 26. The Balaban J connectivity index is -0.000000245. The molecule has 1 aliphatic heterocycles. The van der Waals surface area contributed by atoms with E-state index in [1.165, 1.54) is 62.3 Å². The van der Waals surface area contributed by atoms with Gasteiger partial charge in [-0.1, -0.05) is 44.2 Å². The van der Waals surface area contributed by atoms with Crippen LogP contribution in [0, 0.1) is 11.8 Å². The highest BCUT2D eigenvalue weighted by Crippen LogP contribution is 2.22. The Morgan fingerprint density at radius 1 is 0.361 bits per heavy atom. The largest absolute Gasteiger partial charge is 0.481 e. The highest BCUT2D eigenvalue weighted by molar-refractivity contribution is 7.12. The summed E-state index contributed by atoms with van der Waals surface area (Å²) in [5.74, 6) is -23.2. The summed E-state index contributed by atoms with van der Waals surface area (Å²) >= 11 is 0. The van der Waals surface area contributed by atoms with Crippen molar-refractivity contribution in [3.8, 4) is 0 Å². The van der Waals surface area contributed by atoms with Gasteiger partial charge in [0.1, 0.15) is 42.2 Å². The monoisotopic (exact) mass is 2310 g/mol. The number of carbonyl (C=O) groups excluding carboxylic acids is 20. The van der Waals surface area contributed by atoms with E-state index in [9.17, 15) is 125 Å². The average molecular weight is 2310 g/mol. The number of hydrogen-bond acceptors (Lipinski definition) is 53. The third kappa shape index (κ3) is 80.4. The Kier molecular flexibility index (Phi) is 91.7. The standard InChI is InChI=1S/C12H13O7P.C11H18NO8P.C8H14NO6P.C8H14NO4P.C8H13O6P.C7H11O7P.C7H13O4P.2C6H12NO4P.C4H7O5P/c13-8(11(15)16)6-9(14)18-10(12(17)19-20)7-4-2-1-3-5-7;1-5(13)9(16)12-7(3-4-8(14)15)11(18)19-6(2)10(17)20-21;1-4(7(12)15-16)14-8(13)5(9)2-3-6(10)11;1-5(7(10)13-14)12-8(11)6-3-2-4-9-6;1-4(8(13)14-15)2-5(9)3-6(10)7(11)12;1-3(6(10)11)13-7(12)4(8)2-5(9)14-15;1-4(7(10)11-12)3-6(9)5(2)8;1-4(6(9)11-12)10-5(8)2-3-7;1-3(7)5(8)10-4(2)6(9)11-12;5-2(1-3(6)7)4(8)9-10/h1-5,8,10,13H,6,20H2,(H,15,16);5-7,13H,3-4,21H2,1-2H3,(H,12,16)(H,14,15);4-5H,2-3,9,16H2,1H3,(H,10,11);5-6,9H,2-4,14H2,1H3;4,6,10H,2-3,15H2,1H3,(H,11,12);3-4,8H,2,15H2,1H3,(H,10,11);4-5,8H,3,12H2,1-2H3;4H,2-3,7,12H2,1H3;3-4H,7,12H2,1-2H3;2,5H,1,10H2,(H,6,7)/t8-,10-;5-,6-,7-;4-,5-;5-,6-;4-,6+;3-,4-;4-,5+;4-;3-,4-;2-/m0000101000/s1. The van der Waals surface area contributed by atoms with Crippen LogP contribution in [0.4, 0.5) is 0 Å². The number of nitrogens with one attached hydrogen (secondary N) is 2. The number of aliphatic hydroxyl groups excluding tert-OH is 6. The number of ketones is 2. The molecule has 20 N–H and O–H groups in total. The smallest absolute Gasteiger partial charge is 0.354 e. The molecule has 0 aliphatic carbocycles. The molecule has 1 aromatic carbocycles. The molecule has 840 valence electrons. The number of amides is 1. The number of nitrogens with two attached hydrogens (primary N) is 3. The minimum Gasteiger partial charge on any atom is -0.481 e. The Labute approximate surface area is 861 Å². The van der Waals surface area contributed by atoms with Gasteiger partial charge in [0.2, 0.25) is 12.0 Å². The molecule has 1 amide bonds. The number of Topliss-reactive ketones (excluding diaryl/α,β-unsaturated/α-hetero) is 2. The van der Waals surface area contributed by atoms with Crippen LogP contribution in [-0.2, 0) is 203 Å². The van der Waals surface area contributed by atoms with Crippen molar-refractivity contribution in [2.75, 3.05) is 13.1 Å². The lowest BCUT2D eigenvalue weighted by Gasteiger charge is -2.19. The maximum atomic E-state index is 11.8. The van der Waals surface area contributed by atoms with E-state index in [1.807, 2.05) is 18.9 Å². The minimum atomic E-state index is -1.88. The number of benzene rings is 1. The zero-order chi connectivity index (χ0) is 116. The second-order valence-electron chi connectivity index (χ2n) is 28.6. The summed E-state index contributed by atoms with van der Waals surface area (Å²) in [7, 11) is 17.4. The fraction of sp³-hybridized carbons (Fsp3) is 0.584. The van der Waals surface area contributed by atoms with Crippen LogP contribution in [0.15, 0.2) is 30.3 Å². The molecule has 1 fully saturated rings. The Hall–Kier alpha value is -10.3. The van der Waals surface area contributed by atoms with E-state index in [1.54, 1.807) is 113 Å². The van der Waals surface area contributed by atoms with Gasteiger partial charge in [0.15, 0.2) is 66.8 Å². The van der Waals surface area contributed by atoms with Crippen LogP contribution in [0.2, 0.25) is 0 Å². The van der Waals surface area contributed by atoms with Crippen molar-refractivity contribution < 1.29 is 264 Å². The minimum absolute atomic E-state index is 0.0188. The first kappa shape index (κ1) is 152. The number of carboxylic acid groups (broad SMARTS) is 6. The maximum Gasteiger partial charge on any atom is 0.354 e. The summed E-state index contributed by atoms with van der Waals surface area (Å²) in [4.78, 5) is 282. The predicted molar refractivity (Wildman–Crippen MR) is 523 cm³/mol. The first-order valence-electron chi connectivity index (χ1n) is 41.3. The fourth-order valence-corrected chi connectivity index (χ4v) is 9.93. The molecule has 0 radical (unpaired) electrons. The third-order valence-electron chi connectivity index (χ3n) is 16.1. The van der Waals surface area contributed by atoms with E-state index in [4.69, 9.17) is 92.7 Å². The van der Waals surface area contributed by atoms with Crippen molar-refractivity contribution in [2.24, 2.45) is 29.0 Å². The van der Waals surface area contributed by atoms with Crippen LogP contribution in [0.3, 0.4) is 0 Å². The molecular weight excluding hydrogens is 2180 g/mol. The fourth-order valence-electron chi connectivity index (χ4n) is 8.13. The van der Waals surface area contributed by atoms with E-state index in [0.29, 0.717) is 5.56 Å². The lowest BCUT2D eigenvalue weighted by molar-refractivity contribution is -0.170. The number of aliphatic hydroxyl groups is 6. The summed E-state index contributed by atoms with van der Waals surface area (Å²) in [5, 5.41) is 109. The van der Waals surface area contributed by atoms with E-state index < -0.39 is 284 Å². The molecule has 29 atom stereocenters. The van der Waals surface area contributed by atoms with Crippen LogP contribution in [0.25, 0.3) is 0 Å². The van der Waals surface area contributed by atoms with Gasteiger partial charge in [-0.05, 0) is 94.5 Å². The van der Waals surface area contributed by atoms with Gasteiger partial charge in [-0.3, -0.25) is 67.1 Å². The molecule has 70 heteroatoms. The quantitative estimate of drug-likeness (QED) is 0.0170. The highest BCUT2D eigenvalue weighted by Gasteiger charge is 2.34. The molecule has 147 heavy (non-hydrogen) atoms. The van der Waals surface area contributed by atoms with Crippen molar-refractivity contribution >= 4 is 249 Å². The van der Waals surface area contributed by atoms with Crippen molar-refractivity contribution in [3.05, 3.63) is 35.9 Å². The van der Waals surface area contributed by atoms with Gasteiger partial charge in [-0.2, -0.15) is 0 Å². The van der Waals surface area contributed by atoms with Crippen molar-refractivity contribution in [3.63, 3.8) is 0 Å². The molecule has 2 rings (SSSR count). The maximum absolute atomic E-state index is 11.8. The summed E-state index contributed by atoms with van der Waals surface area (Å²) in [6.45, 7) is 16.2. The molecule has 0 bridgehead atoms.